The molecule has 1 aliphatic carbocycles. The Morgan fingerprint density at radius 2 is 2.12 bits per heavy atom. The van der Waals surface area contributed by atoms with Crippen LogP contribution in [0.4, 0.5) is 8.78 Å². The van der Waals surface area contributed by atoms with Crippen LogP contribution in [0.25, 0.3) is 0 Å². The minimum atomic E-state index is -3.79. The normalized spacial score (nSPS) is 19.8. The van der Waals surface area contributed by atoms with Crippen LogP contribution in [0.5, 0.6) is 5.75 Å². The maximum Gasteiger partial charge on any atom is 0.375 e. The predicted molar refractivity (Wildman–Crippen MR) is 56.4 cm³/mol. The summed E-state index contributed by atoms with van der Waals surface area (Å²) in [6.07, 6.45) is 1.29. The van der Waals surface area contributed by atoms with Crippen molar-refractivity contribution in [3.8, 4) is 5.75 Å². The number of carboxylic acids is 1. The zero-order valence-corrected chi connectivity index (χ0v) is 8.99. The number of aliphatic carboxylic acids is 1. The molecule has 0 amide bonds. The summed E-state index contributed by atoms with van der Waals surface area (Å²) in [6, 6.07) is 4.25. The Hall–Kier alpha value is -1.65. The molecule has 0 bridgehead atoms. The third-order valence-corrected chi connectivity index (χ3v) is 3.17. The first kappa shape index (κ1) is 11.8. The van der Waals surface area contributed by atoms with Gasteiger partial charge in [0.1, 0.15) is 5.75 Å². The number of rotatable bonds is 2. The van der Waals surface area contributed by atoms with Gasteiger partial charge in [-0.25, -0.2) is 4.79 Å². The van der Waals surface area contributed by atoms with E-state index >= 15 is 0 Å². The molecule has 0 saturated heterocycles. The van der Waals surface area contributed by atoms with Crippen molar-refractivity contribution in [2.45, 2.75) is 31.1 Å². The summed E-state index contributed by atoms with van der Waals surface area (Å²) in [5, 5.41) is 17.9. The number of carbonyl (C=O) groups is 1. The molecule has 1 aromatic rings. The van der Waals surface area contributed by atoms with E-state index in [0.29, 0.717) is 18.4 Å². The molecule has 92 valence electrons. The van der Waals surface area contributed by atoms with E-state index in [-0.39, 0.29) is 17.7 Å². The Labute approximate surface area is 96.7 Å². The number of halogens is 2. The zero-order chi connectivity index (χ0) is 12.6. The van der Waals surface area contributed by atoms with Crippen LogP contribution in [0.15, 0.2) is 18.2 Å². The SMILES string of the molecule is O=C(O)C(F)(F)C1CCCc2ccc(O)cc21. The van der Waals surface area contributed by atoms with Crippen molar-refractivity contribution in [1.82, 2.24) is 0 Å². The van der Waals surface area contributed by atoms with E-state index in [2.05, 4.69) is 0 Å². The lowest BCUT2D eigenvalue weighted by molar-refractivity contribution is -0.169. The van der Waals surface area contributed by atoms with Crippen molar-refractivity contribution in [3.63, 3.8) is 0 Å². The van der Waals surface area contributed by atoms with Gasteiger partial charge in [-0.3, -0.25) is 0 Å². The quantitative estimate of drug-likeness (QED) is 0.837. The molecule has 0 aromatic heterocycles. The van der Waals surface area contributed by atoms with E-state index in [1.807, 2.05) is 0 Å². The number of aromatic hydroxyl groups is 1. The van der Waals surface area contributed by atoms with Crippen LogP contribution >= 0.6 is 0 Å². The smallest absolute Gasteiger partial charge is 0.375 e. The Morgan fingerprint density at radius 3 is 2.76 bits per heavy atom. The Bertz CT molecular complexity index is 457. The second-order valence-corrected chi connectivity index (χ2v) is 4.26. The fourth-order valence-corrected chi connectivity index (χ4v) is 2.31. The topological polar surface area (TPSA) is 57.5 Å². The second-order valence-electron chi connectivity index (χ2n) is 4.26. The summed E-state index contributed by atoms with van der Waals surface area (Å²) in [5.41, 5.74) is 0.948. The molecule has 1 aliphatic rings. The van der Waals surface area contributed by atoms with Crippen molar-refractivity contribution in [3.05, 3.63) is 29.3 Å². The summed E-state index contributed by atoms with van der Waals surface area (Å²) < 4.78 is 27.1. The van der Waals surface area contributed by atoms with Gasteiger partial charge in [-0.05, 0) is 42.5 Å². The zero-order valence-electron chi connectivity index (χ0n) is 8.99. The van der Waals surface area contributed by atoms with Gasteiger partial charge in [0, 0.05) is 0 Å². The molecule has 3 nitrogen and oxygen atoms in total. The number of benzene rings is 1. The molecule has 17 heavy (non-hydrogen) atoms. The molecule has 1 aromatic carbocycles. The first-order valence-electron chi connectivity index (χ1n) is 5.36. The average molecular weight is 242 g/mol. The molecule has 0 radical (unpaired) electrons. The van der Waals surface area contributed by atoms with Gasteiger partial charge >= 0.3 is 11.9 Å². The van der Waals surface area contributed by atoms with Crippen LogP contribution in [0, 0.1) is 0 Å². The number of phenolic OH excluding ortho intramolecular Hbond substituents is 1. The van der Waals surface area contributed by atoms with Crippen LogP contribution < -0.4 is 0 Å². The highest BCUT2D eigenvalue weighted by Crippen LogP contribution is 2.43. The van der Waals surface area contributed by atoms with Gasteiger partial charge in [0.25, 0.3) is 0 Å². The standard InChI is InChI=1S/C12H12F2O3/c13-12(14,11(16)17)10-3-1-2-7-4-5-8(15)6-9(7)10/h4-6,10,15H,1-3H2,(H,16,17). The van der Waals surface area contributed by atoms with Gasteiger partial charge in [0.15, 0.2) is 0 Å². The number of hydrogen-bond donors (Lipinski definition) is 2. The summed E-state index contributed by atoms with van der Waals surface area (Å²) in [6.45, 7) is 0. The molecular formula is C12H12F2O3. The monoisotopic (exact) mass is 242 g/mol. The fourth-order valence-electron chi connectivity index (χ4n) is 2.31. The maximum absolute atomic E-state index is 13.6. The first-order valence-corrected chi connectivity index (χ1v) is 5.36. The molecule has 0 heterocycles. The summed E-state index contributed by atoms with van der Waals surface area (Å²) in [7, 11) is 0. The van der Waals surface area contributed by atoms with E-state index in [1.54, 1.807) is 6.07 Å². The third kappa shape index (κ3) is 1.97. The fraction of sp³-hybridized carbons (Fsp3) is 0.417. The summed E-state index contributed by atoms with van der Waals surface area (Å²) in [4.78, 5) is 10.6. The third-order valence-electron chi connectivity index (χ3n) is 3.17. The van der Waals surface area contributed by atoms with Gasteiger partial charge in [-0.1, -0.05) is 6.07 Å². The minimum Gasteiger partial charge on any atom is -0.508 e. The van der Waals surface area contributed by atoms with E-state index < -0.39 is 17.8 Å². The molecule has 2 rings (SSSR count). The molecule has 0 spiro atoms. The van der Waals surface area contributed by atoms with Crippen LogP contribution in [0.3, 0.4) is 0 Å². The first-order chi connectivity index (χ1) is 7.93. The summed E-state index contributed by atoms with van der Waals surface area (Å²) in [5.74, 6) is -7.37. The van der Waals surface area contributed by atoms with Gasteiger partial charge in [-0.2, -0.15) is 8.78 Å². The lowest BCUT2D eigenvalue weighted by atomic mass is 9.79. The Kier molecular flexibility index (Phi) is 2.77. The number of phenols is 1. The molecule has 5 heteroatoms. The number of fused-ring (bicyclic) bond motifs is 1. The minimum absolute atomic E-state index is 0.114. The van der Waals surface area contributed by atoms with Crippen LogP contribution in [0.1, 0.15) is 29.9 Å². The number of hydrogen-bond acceptors (Lipinski definition) is 2. The highest BCUT2D eigenvalue weighted by Gasteiger charge is 2.49. The van der Waals surface area contributed by atoms with Crippen molar-refractivity contribution >= 4 is 5.97 Å². The van der Waals surface area contributed by atoms with E-state index in [1.165, 1.54) is 12.1 Å². The Morgan fingerprint density at radius 1 is 1.41 bits per heavy atom. The second kappa shape index (κ2) is 3.98. The van der Waals surface area contributed by atoms with Crippen molar-refractivity contribution in [2.24, 2.45) is 0 Å². The molecular weight excluding hydrogens is 230 g/mol. The lowest BCUT2D eigenvalue weighted by Crippen LogP contribution is -2.37. The van der Waals surface area contributed by atoms with Crippen LogP contribution in [0.2, 0.25) is 0 Å². The molecule has 1 unspecified atom stereocenters. The molecule has 1 atom stereocenters. The summed E-state index contributed by atoms with van der Waals surface area (Å²) >= 11 is 0. The molecule has 0 aliphatic heterocycles. The van der Waals surface area contributed by atoms with Crippen molar-refractivity contribution < 1.29 is 23.8 Å². The number of carboxylic acid groups (broad SMARTS) is 1. The van der Waals surface area contributed by atoms with Gasteiger partial charge in [0.2, 0.25) is 0 Å². The van der Waals surface area contributed by atoms with E-state index in [9.17, 15) is 18.7 Å². The van der Waals surface area contributed by atoms with E-state index in [0.717, 1.165) is 0 Å². The van der Waals surface area contributed by atoms with Crippen molar-refractivity contribution in [1.29, 1.82) is 0 Å². The van der Waals surface area contributed by atoms with Gasteiger partial charge in [0.05, 0.1) is 5.92 Å². The van der Waals surface area contributed by atoms with Gasteiger partial charge in [-0.15, -0.1) is 0 Å². The highest BCUT2D eigenvalue weighted by molar-refractivity contribution is 5.77. The van der Waals surface area contributed by atoms with E-state index in [4.69, 9.17) is 5.11 Å². The largest absolute Gasteiger partial charge is 0.508 e. The Balaban J connectivity index is 2.47. The number of alkyl halides is 2. The van der Waals surface area contributed by atoms with Crippen LogP contribution in [-0.4, -0.2) is 22.1 Å². The lowest BCUT2D eigenvalue weighted by Gasteiger charge is -2.29. The molecule has 0 saturated carbocycles. The van der Waals surface area contributed by atoms with Crippen LogP contribution in [-0.2, 0) is 11.2 Å². The number of aryl methyl sites for hydroxylation is 1. The van der Waals surface area contributed by atoms with Gasteiger partial charge < -0.3 is 10.2 Å². The average Bonchev–Trinajstić information content (AvgIpc) is 2.27. The van der Waals surface area contributed by atoms with Crippen molar-refractivity contribution in [2.75, 3.05) is 0 Å². The predicted octanol–water partition coefficient (Wildman–Crippen LogP) is 2.53. The molecule has 2 N–H and O–H groups in total. The molecule has 0 fully saturated rings. The maximum atomic E-state index is 13.6. The highest BCUT2D eigenvalue weighted by atomic mass is 19.3.